The predicted molar refractivity (Wildman–Crippen MR) is 62.9 cm³/mol. The fraction of sp³-hybridized carbons (Fsp3) is 0.571. The van der Waals surface area contributed by atoms with Crippen LogP contribution in [0.15, 0.2) is 24.3 Å². The molecule has 1 heterocycles. The second kappa shape index (κ2) is 3.34. The van der Waals surface area contributed by atoms with Gasteiger partial charge >= 0.3 is 0 Å². The number of benzene rings is 1. The number of fused-ring (bicyclic) bond motifs is 1. The molecule has 1 heteroatoms. The summed E-state index contributed by atoms with van der Waals surface area (Å²) >= 11 is 0. The van der Waals surface area contributed by atoms with Gasteiger partial charge in [-0.2, -0.15) is 0 Å². The van der Waals surface area contributed by atoms with Crippen LogP contribution in [-0.4, -0.2) is 13.1 Å². The van der Waals surface area contributed by atoms with Gasteiger partial charge in [-0.1, -0.05) is 29.8 Å². The minimum Gasteiger partial charge on any atom is -0.316 e. The molecule has 0 amide bonds. The molecular formula is C14H19N. The van der Waals surface area contributed by atoms with Crippen LogP contribution in [0, 0.1) is 18.3 Å². The summed E-state index contributed by atoms with van der Waals surface area (Å²) in [5, 5.41) is 3.56. The minimum absolute atomic E-state index is 0.619. The molecule has 1 aromatic rings. The summed E-state index contributed by atoms with van der Waals surface area (Å²) in [7, 11) is 0. The molecule has 15 heavy (non-hydrogen) atoms. The lowest BCUT2D eigenvalue weighted by Crippen LogP contribution is -2.41. The highest BCUT2D eigenvalue weighted by molar-refractivity contribution is 5.25. The molecule has 0 radical (unpaired) electrons. The van der Waals surface area contributed by atoms with E-state index < -0.39 is 0 Å². The van der Waals surface area contributed by atoms with Crippen LogP contribution in [0.5, 0.6) is 0 Å². The third-order valence-corrected chi connectivity index (χ3v) is 4.36. The Hall–Kier alpha value is -0.820. The summed E-state index contributed by atoms with van der Waals surface area (Å²) in [6.07, 6.45) is 4.16. The van der Waals surface area contributed by atoms with Gasteiger partial charge in [-0.25, -0.2) is 0 Å². The lowest BCUT2D eigenvalue weighted by molar-refractivity contribution is 0.0864. The molecule has 1 aliphatic carbocycles. The van der Waals surface area contributed by atoms with Crippen LogP contribution in [-0.2, 0) is 6.42 Å². The minimum atomic E-state index is 0.619. The normalized spacial score (nSPS) is 33.5. The Labute approximate surface area is 91.9 Å². The number of rotatable bonds is 2. The average molecular weight is 201 g/mol. The summed E-state index contributed by atoms with van der Waals surface area (Å²) in [5.74, 6) is 0.956. The molecule has 1 nitrogen and oxygen atoms in total. The molecule has 0 aromatic heterocycles. The van der Waals surface area contributed by atoms with E-state index in [1.165, 1.54) is 43.5 Å². The van der Waals surface area contributed by atoms with Gasteiger partial charge in [-0.15, -0.1) is 0 Å². The quantitative estimate of drug-likeness (QED) is 0.775. The number of hydrogen-bond donors (Lipinski definition) is 1. The van der Waals surface area contributed by atoms with Crippen molar-refractivity contribution >= 4 is 0 Å². The van der Waals surface area contributed by atoms with Gasteiger partial charge in [0.25, 0.3) is 0 Å². The molecule has 1 saturated heterocycles. The van der Waals surface area contributed by atoms with Crippen molar-refractivity contribution in [3.8, 4) is 0 Å². The maximum atomic E-state index is 3.56. The smallest absolute Gasteiger partial charge is 0.00143 e. The molecule has 80 valence electrons. The van der Waals surface area contributed by atoms with Gasteiger partial charge in [0.15, 0.2) is 0 Å². The molecule has 3 rings (SSSR count). The van der Waals surface area contributed by atoms with Gasteiger partial charge < -0.3 is 5.32 Å². The Morgan fingerprint density at radius 1 is 1.47 bits per heavy atom. The maximum absolute atomic E-state index is 3.56. The highest BCUT2D eigenvalue weighted by atomic mass is 15.0. The number of hydrogen-bond acceptors (Lipinski definition) is 1. The first-order valence-electron chi connectivity index (χ1n) is 6.05. The Bertz CT molecular complexity index is 371. The summed E-state index contributed by atoms with van der Waals surface area (Å²) in [4.78, 5) is 0. The van der Waals surface area contributed by atoms with Gasteiger partial charge in [0.2, 0.25) is 0 Å². The van der Waals surface area contributed by atoms with Crippen LogP contribution < -0.4 is 5.32 Å². The summed E-state index contributed by atoms with van der Waals surface area (Å²) in [6.45, 7) is 4.68. The second-order valence-electron chi connectivity index (χ2n) is 5.39. The van der Waals surface area contributed by atoms with E-state index >= 15 is 0 Å². The van der Waals surface area contributed by atoms with Crippen molar-refractivity contribution in [1.82, 2.24) is 5.32 Å². The first-order valence-corrected chi connectivity index (χ1v) is 6.05. The van der Waals surface area contributed by atoms with Crippen molar-refractivity contribution in [2.24, 2.45) is 11.3 Å². The molecule has 1 saturated carbocycles. The Kier molecular flexibility index (Phi) is 2.10. The van der Waals surface area contributed by atoms with Gasteiger partial charge in [0.1, 0.15) is 0 Å². The fourth-order valence-corrected chi connectivity index (χ4v) is 3.33. The van der Waals surface area contributed by atoms with Crippen molar-refractivity contribution in [3.63, 3.8) is 0 Å². The van der Waals surface area contributed by atoms with E-state index in [1.54, 1.807) is 0 Å². The van der Waals surface area contributed by atoms with Crippen LogP contribution in [0.2, 0.25) is 0 Å². The van der Waals surface area contributed by atoms with Crippen molar-refractivity contribution in [3.05, 3.63) is 35.4 Å². The lowest BCUT2D eigenvalue weighted by atomic mass is 9.59. The number of aryl methyl sites for hydroxylation is 1. The zero-order valence-corrected chi connectivity index (χ0v) is 9.42. The maximum Gasteiger partial charge on any atom is 0.00143 e. The first-order chi connectivity index (χ1) is 7.28. The molecule has 1 aromatic carbocycles. The number of nitrogens with one attached hydrogen (secondary N) is 1. The molecular weight excluding hydrogens is 182 g/mol. The monoisotopic (exact) mass is 201 g/mol. The van der Waals surface area contributed by atoms with E-state index in [1.807, 2.05) is 0 Å². The third kappa shape index (κ3) is 1.50. The largest absolute Gasteiger partial charge is 0.316 e. The SMILES string of the molecule is Cc1cccc(CC23CCC2CNC3)c1. The molecule has 1 aliphatic heterocycles. The molecule has 2 unspecified atom stereocenters. The molecule has 1 N–H and O–H groups in total. The van der Waals surface area contributed by atoms with Crippen molar-refractivity contribution in [2.75, 3.05) is 13.1 Å². The predicted octanol–water partition coefficient (Wildman–Crippen LogP) is 2.54. The van der Waals surface area contributed by atoms with Gasteiger partial charge in [0, 0.05) is 6.54 Å². The van der Waals surface area contributed by atoms with Gasteiger partial charge in [-0.3, -0.25) is 0 Å². The topological polar surface area (TPSA) is 12.0 Å². The Morgan fingerprint density at radius 2 is 2.40 bits per heavy atom. The van der Waals surface area contributed by atoms with Crippen molar-refractivity contribution in [1.29, 1.82) is 0 Å². The summed E-state index contributed by atoms with van der Waals surface area (Å²) < 4.78 is 0. The molecule has 0 bridgehead atoms. The van der Waals surface area contributed by atoms with E-state index in [2.05, 4.69) is 36.5 Å². The Balaban J connectivity index is 1.80. The van der Waals surface area contributed by atoms with E-state index in [-0.39, 0.29) is 0 Å². The average Bonchev–Trinajstić information content (AvgIpc) is 2.45. The second-order valence-corrected chi connectivity index (χ2v) is 5.39. The van der Waals surface area contributed by atoms with E-state index in [0.29, 0.717) is 5.41 Å². The van der Waals surface area contributed by atoms with E-state index in [9.17, 15) is 0 Å². The third-order valence-electron chi connectivity index (χ3n) is 4.36. The van der Waals surface area contributed by atoms with Crippen LogP contribution in [0.3, 0.4) is 0 Å². The molecule has 2 atom stereocenters. The standard InChI is InChI=1S/C14H19N/c1-11-3-2-4-12(7-11)8-14-6-5-13(14)9-15-10-14/h2-4,7,13,15H,5-6,8-10H2,1H3. The van der Waals surface area contributed by atoms with Crippen LogP contribution in [0.4, 0.5) is 0 Å². The molecule has 2 aliphatic rings. The van der Waals surface area contributed by atoms with Crippen LogP contribution >= 0.6 is 0 Å². The van der Waals surface area contributed by atoms with Gasteiger partial charge in [0.05, 0.1) is 0 Å². The van der Waals surface area contributed by atoms with E-state index in [0.717, 1.165) is 5.92 Å². The highest BCUT2D eigenvalue weighted by Gasteiger charge is 2.49. The zero-order chi connectivity index (χ0) is 10.3. The molecule has 2 fully saturated rings. The highest BCUT2D eigenvalue weighted by Crippen LogP contribution is 2.51. The molecule has 0 spiro atoms. The zero-order valence-electron chi connectivity index (χ0n) is 9.42. The summed E-state index contributed by atoms with van der Waals surface area (Å²) in [6, 6.07) is 9.02. The first kappa shape index (κ1) is 9.41. The summed E-state index contributed by atoms with van der Waals surface area (Å²) in [5.41, 5.74) is 3.54. The lowest BCUT2D eigenvalue weighted by Gasteiger charge is -2.44. The van der Waals surface area contributed by atoms with Crippen LogP contribution in [0.1, 0.15) is 24.0 Å². The van der Waals surface area contributed by atoms with Crippen molar-refractivity contribution < 1.29 is 0 Å². The van der Waals surface area contributed by atoms with Crippen LogP contribution in [0.25, 0.3) is 0 Å². The van der Waals surface area contributed by atoms with Gasteiger partial charge in [-0.05, 0) is 49.6 Å². The van der Waals surface area contributed by atoms with Crippen molar-refractivity contribution in [2.45, 2.75) is 26.2 Å². The Morgan fingerprint density at radius 3 is 3.07 bits per heavy atom. The van der Waals surface area contributed by atoms with E-state index in [4.69, 9.17) is 0 Å². The fourth-order valence-electron chi connectivity index (χ4n) is 3.33.